The van der Waals surface area contributed by atoms with Crippen molar-refractivity contribution in [1.29, 1.82) is 5.26 Å². The molecule has 6 nitrogen and oxygen atoms in total. The van der Waals surface area contributed by atoms with E-state index < -0.39 is 23.6 Å². The molecule has 0 unspecified atom stereocenters. The van der Waals surface area contributed by atoms with Gasteiger partial charge in [-0.15, -0.1) is 0 Å². The molecule has 0 aromatic heterocycles. The highest BCUT2D eigenvalue weighted by Crippen LogP contribution is 2.47. The Hall–Kier alpha value is -2.59. The Morgan fingerprint density at radius 3 is 2.33 bits per heavy atom. The van der Waals surface area contributed by atoms with Crippen molar-refractivity contribution in [3.63, 3.8) is 0 Å². The van der Waals surface area contributed by atoms with E-state index in [0.717, 1.165) is 4.90 Å². The second kappa shape index (κ2) is 6.24. The summed E-state index contributed by atoms with van der Waals surface area (Å²) in [6, 6.07) is 12.4. The van der Waals surface area contributed by atoms with Crippen LogP contribution in [0, 0.1) is 11.3 Å². The van der Waals surface area contributed by atoms with Crippen molar-refractivity contribution in [1.82, 2.24) is 4.90 Å². The van der Waals surface area contributed by atoms with Gasteiger partial charge in [0.2, 0.25) is 0 Å². The summed E-state index contributed by atoms with van der Waals surface area (Å²) < 4.78 is 0. The van der Waals surface area contributed by atoms with E-state index >= 15 is 0 Å². The molecule has 2 heterocycles. The number of anilines is 1. The molecule has 2 saturated heterocycles. The van der Waals surface area contributed by atoms with Gasteiger partial charge in [-0.25, -0.2) is 9.69 Å². The minimum Gasteiger partial charge on any atom is -0.391 e. The number of nitriles is 1. The van der Waals surface area contributed by atoms with Gasteiger partial charge in [-0.05, 0) is 35.9 Å². The number of urea groups is 1. The van der Waals surface area contributed by atoms with Crippen LogP contribution in [-0.4, -0.2) is 34.6 Å². The molecule has 0 bridgehead atoms. The Morgan fingerprint density at radius 2 is 1.74 bits per heavy atom. The highest BCUT2D eigenvalue weighted by atomic mass is 35.5. The minimum atomic E-state index is -1.32. The predicted molar refractivity (Wildman–Crippen MR) is 99.5 cm³/mol. The first kappa shape index (κ1) is 17.8. The first-order valence-electron chi connectivity index (χ1n) is 8.18. The van der Waals surface area contributed by atoms with Gasteiger partial charge in [0, 0.05) is 23.0 Å². The Bertz CT molecular complexity index is 982. The maximum Gasteiger partial charge on any atom is 0.332 e. The SMILES string of the molecule is N#Cc1ccc([C@]23C[C@@H](O)CN2C(=O)N(c2cc(Cl)cc(Cl)c2)C3=O)cc1. The first-order valence-corrected chi connectivity index (χ1v) is 8.93. The smallest absolute Gasteiger partial charge is 0.332 e. The van der Waals surface area contributed by atoms with Gasteiger partial charge >= 0.3 is 6.03 Å². The zero-order valence-corrected chi connectivity index (χ0v) is 15.4. The van der Waals surface area contributed by atoms with Crippen LogP contribution in [0.5, 0.6) is 0 Å². The predicted octanol–water partition coefficient (Wildman–Crippen LogP) is 3.29. The van der Waals surface area contributed by atoms with Crippen LogP contribution in [0.3, 0.4) is 0 Å². The third-order valence-corrected chi connectivity index (χ3v) is 5.40. The Labute approximate surface area is 165 Å². The zero-order chi connectivity index (χ0) is 19.3. The molecule has 1 N–H and O–H groups in total. The monoisotopic (exact) mass is 401 g/mol. The molecule has 0 radical (unpaired) electrons. The maximum absolute atomic E-state index is 13.4. The molecule has 2 aliphatic rings. The molecule has 4 rings (SSSR count). The fourth-order valence-corrected chi connectivity index (χ4v) is 4.35. The van der Waals surface area contributed by atoms with Gasteiger partial charge in [0.15, 0.2) is 5.54 Å². The Kier molecular flexibility index (Phi) is 4.11. The molecule has 2 aliphatic heterocycles. The summed E-state index contributed by atoms with van der Waals surface area (Å²) in [7, 11) is 0. The summed E-state index contributed by atoms with van der Waals surface area (Å²) in [5, 5.41) is 19.8. The highest BCUT2D eigenvalue weighted by molar-refractivity contribution is 6.35. The molecule has 136 valence electrons. The first-order chi connectivity index (χ1) is 12.9. The average Bonchev–Trinajstić information content (AvgIpc) is 3.08. The van der Waals surface area contributed by atoms with Crippen molar-refractivity contribution in [2.45, 2.75) is 18.1 Å². The summed E-state index contributed by atoms with van der Waals surface area (Å²) in [6.45, 7) is 0.0371. The molecule has 2 aromatic rings. The molecule has 2 fully saturated rings. The number of aliphatic hydroxyl groups excluding tert-OH is 1. The molecule has 0 saturated carbocycles. The fraction of sp³-hybridized carbons (Fsp3) is 0.211. The van der Waals surface area contributed by atoms with E-state index in [-0.39, 0.29) is 18.7 Å². The van der Waals surface area contributed by atoms with Crippen LogP contribution in [0.15, 0.2) is 42.5 Å². The molecule has 3 amide bonds. The van der Waals surface area contributed by atoms with E-state index in [1.54, 1.807) is 24.3 Å². The van der Waals surface area contributed by atoms with Crippen molar-refractivity contribution < 1.29 is 14.7 Å². The van der Waals surface area contributed by atoms with Gasteiger partial charge in [0.05, 0.1) is 23.4 Å². The zero-order valence-electron chi connectivity index (χ0n) is 13.9. The van der Waals surface area contributed by atoms with Gasteiger partial charge in [-0.1, -0.05) is 35.3 Å². The Morgan fingerprint density at radius 1 is 1.11 bits per heavy atom. The molecule has 27 heavy (non-hydrogen) atoms. The summed E-state index contributed by atoms with van der Waals surface area (Å²) in [5.41, 5.74) is -0.0545. The van der Waals surface area contributed by atoms with Crippen molar-refractivity contribution in [3.8, 4) is 6.07 Å². The summed E-state index contributed by atoms with van der Waals surface area (Å²) in [4.78, 5) is 28.9. The van der Waals surface area contributed by atoms with Gasteiger partial charge in [0.25, 0.3) is 5.91 Å². The lowest BCUT2D eigenvalue weighted by atomic mass is 9.86. The van der Waals surface area contributed by atoms with E-state index in [4.69, 9.17) is 28.5 Å². The topological polar surface area (TPSA) is 84.6 Å². The van der Waals surface area contributed by atoms with Gasteiger partial charge in [0.1, 0.15) is 0 Å². The summed E-state index contributed by atoms with van der Waals surface area (Å²) >= 11 is 12.1. The quantitative estimate of drug-likeness (QED) is 0.782. The lowest BCUT2D eigenvalue weighted by Crippen LogP contribution is -2.42. The van der Waals surface area contributed by atoms with Crippen molar-refractivity contribution in [3.05, 3.63) is 63.6 Å². The van der Waals surface area contributed by atoms with Gasteiger partial charge in [-0.2, -0.15) is 5.26 Å². The van der Waals surface area contributed by atoms with E-state index in [9.17, 15) is 14.7 Å². The van der Waals surface area contributed by atoms with Crippen LogP contribution < -0.4 is 4.90 Å². The van der Waals surface area contributed by atoms with E-state index in [2.05, 4.69) is 0 Å². The third-order valence-electron chi connectivity index (χ3n) is 4.96. The number of carbonyl (C=O) groups is 2. The number of imide groups is 1. The average molecular weight is 402 g/mol. The number of carbonyl (C=O) groups excluding carboxylic acids is 2. The minimum absolute atomic E-state index is 0.0371. The second-order valence-electron chi connectivity index (χ2n) is 6.57. The molecule has 2 aromatic carbocycles. The summed E-state index contributed by atoms with van der Waals surface area (Å²) in [6.07, 6.45) is -0.743. The highest BCUT2D eigenvalue weighted by Gasteiger charge is 2.63. The number of hydrogen-bond donors (Lipinski definition) is 1. The number of fused-ring (bicyclic) bond motifs is 1. The van der Waals surface area contributed by atoms with E-state index in [1.807, 2.05) is 6.07 Å². The number of benzene rings is 2. The number of amides is 3. The lowest BCUT2D eigenvalue weighted by molar-refractivity contribution is -0.124. The molecule has 2 atom stereocenters. The second-order valence-corrected chi connectivity index (χ2v) is 7.44. The van der Waals surface area contributed by atoms with Crippen LogP contribution >= 0.6 is 23.2 Å². The molecule has 0 spiro atoms. The molecule has 0 aliphatic carbocycles. The Balaban J connectivity index is 1.85. The van der Waals surface area contributed by atoms with E-state index in [0.29, 0.717) is 21.2 Å². The number of aliphatic hydroxyl groups is 1. The lowest BCUT2D eigenvalue weighted by Gasteiger charge is -2.28. The van der Waals surface area contributed by atoms with Crippen LogP contribution in [0.2, 0.25) is 10.0 Å². The van der Waals surface area contributed by atoms with Gasteiger partial charge < -0.3 is 10.0 Å². The van der Waals surface area contributed by atoms with E-state index in [1.165, 1.54) is 23.1 Å². The largest absolute Gasteiger partial charge is 0.391 e. The maximum atomic E-state index is 13.4. The molecular formula is C19H13Cl2N3O3. The number of rotatable bonds is 2. The van der Waals surface area contributed by atoms with Crippen LogP contribution in [-0.2, 0) is 10.3 Å². The van der Waals surface area contributed by atoms with Crippen LogP contribution in [0.4, 0.5) is 10.5 Å². The van der Waals surface area contributed by atoms with Crippen molar-refractivity contribution >= 4 is 40.8 Å². The van der Waals surface area contributed by atoms with Crippen LogP contribution in [0.1, 0.15) is 17.5 Å². The third kappa shape index (κ3) is 2.59. The number of hydrogen-bond acceptors (Lipinski definition) is 4. The molecule has 8 heteroatoms. The number of halogens is 2. The normalized spacial score (nSPS) is 24.3. The standard InChI is InChI=1S/C19H13Cl2N3O3/c20-13-5-14(21)7-15(6-13)24-17(26)19(8-16(25)10-23(19)18(24)27)12-3-1-11(9-22)2-4-12/h1-7,16,25H,8,10H2/t16-,19+/m1/s1. The summed E-state index contributed by atoms with van der Waals surface area (Å²) in [5.74, 6) is -0.480. The van der Waals surface area contributed by atoms with Gasteiger partial charge in [-0.3, -0.25) is 4.79 Å². The van der Waals surface area contributed by atoms with Crippen molar-refractivity contribution in [2.24, 2.45) is 0 Å². The molecular weight excluding hydrogens is 389 g/mol. The van der Waals surface area contributed by atoms with Crippen LogP contribution in [0.25, 0.3) is 0 Å². The fourth-order valence-electron chi connectivity index (χ4n) is 3.83. The number of nitrogens with zero attached hydrogens (tertiary/aromatic N) is 3. The van der Waals surface area contributed by atoms with Crippen molar-refractivity contribution in [2.75, 3.05) is 11.4 Å².